The zero-order valence-corrected chi connectivity index (χ0v) is 17.8. The second kappa shape index (κ2) is 9.40. The number of carbonyl (C=O) groups excluding carboxylic acids is 1. The molecular weight excluding hydrogens is 507 g/mol. The smallest absolute Gasteiger partial charge is 0.338 e. The maximum Gasteiger partial charge on any atom is 0.338 e. The Bertz CT molecular complexity index is 1060. The van der Waals surface area contributed by atoms with Crippen molar-refractivity contribution >= 4 is 34.5 Å². The number of nitrogens with one attached hydrogen (secondary N) is 1. The Hall–Kier alpha value is -2.71. The van der Waals surface area contributed by atoms with Gasteiger partial charge in [0, 0.05) is 12.6 Å². The number of aromatic nitrogens is 2. The molecule has 1 aromatic carbocycles. The lowest BCUT2D eigenvalue weighted by molar-refractivity contribution is -0.0532. The summed E-state index contributed by atoms with van der Waals surface area (Å²) in [5, 5.41) is 10.2. The lowest BCUT2D eigenvalue weighted by atomic mass is 10.1. The van der Waals surface area contributed by atoms with Gasteiger partial charge in [0.05, 0.1) is 21.8 Å². The number of esters is 1. The number of nitrogens with zero attached hydrogens (tertiary/aromatic N) is 2. The quantitative estimate of drug-likeness (QED) is 0.167. The van der Waals surface area contributed by atoms with Gasteiger partial charge in [-0.3, -0.25) is 14.3 Å². The van der Waals surface area contributed by atoms with Crippen LogP contribution < -0.4 is 22.7 Å². The van der Waals surface area contributed by atoms with E-state index in [-0.39, 0.29) is 19.0 Å². The van der Waals surface area contributed by atoms with E-state index in [4.69, 9.17) is 20.9 Å². The number of hydrogen-bond acceptors (Lipinski definition) is 7. The van der Waals surface area contributed by atoms with Crippen molar-refractivity contribution in [1.29, 1.82) is 0 Å². The van der Waals surface area contributed by atoms with E-state index in [1.54, 1.807) is 46.9 Å². The molecule has 1 aromatic heterocycles. The summed E-state index contributed by atoms with van der Waals surface area (Å²) < 4.78 is 12.4. The molecule has 0 bridgehead atoms. The van der Waals surface area contributed by atoms with Crippen molar-refractivity contribution in [2.45, 2.75) is 31.4 Å². The van der Waals surface area contributed by atoms with E-state index in [2.05, 4.69) is 9.98 Å². The van der Waals surface area contributed by atoms with E-state index in [1.807, 2.05) is 0 Å². The van der Waals surface area contributed by atoms with E-state index in [0.717, 1.165) is 5.56 Å². The number of benzene rings is 1. The van der Waals surface area contributed by atoms with Crippen molar-refractivity contribution in [3.8, 4) is 0 Å². The Morgan fingerprint density at radius 3 is 2.70 bits per heavy atom. The largest absolute Gasteiger partial charge is 0.459 e. The molecule has 3 rings (SSSR count). The van der Waals surface area contributed by atoms with Crippen LogP contribution in [0.4, 0.5) is 0 Å². The summed E-state index contributed by atoms with van der Waals surface area (Å²) in [4.78, 5) is 41.8. The van der Waals surface area contributed by atoms with Crippen LogP contribution in [0.5, 0.6) is 0 Å². The van der Waals surface area contributed by atoms with Crippen LogP contribution >= 0.6 is 22.6 Å². The molecule has 6 N–H and O–H groups in total. The zero-order chi connectivity index (χ0) is 21.8. The molecule has 1 fully saturated rings. The van der Waals surface area contributed by atoms with Gasteiger partial charge in [0.25, 0.3) is 5.56 Å². The molecule has 1 saturated heterocycles. The van der Waals surface area contributed by atoms with Crippen LogP contribution in [0.3, 0.4) is 0 Å². The highest BCUT2D eigenvalue weighted by atomic mass is 125. The topological polar surface area (TPSA) is 175 Å². The Morgan fingerprint density at radius 2 is 2.03 bits per heavy atom. The molecule has 1 aliphatic rings. The van der Waals surface area contributed by atoms with Crippen LogP contribution in [0.25, 0.3) is 0 Å². The Kier molecular flexibility index (Phi) is 6.89. The van der Waals surface area contributed by atoms with Crippen molar-refractivity contribution in [3.05, 3.63) is 66.0 Å². The Morgan fingerprint density at radius 1 is 1.33 bits per heavy atom. The number of aliphatic hydroxyl groups is 1. The zero-order valence-electron chi connectivity index (χ0n) is 15.7. The fourth-order valence-electron chi connectivity index (χ4n) is 2.88. The van der Waals surface area contributed by atoms with Crippen molar-refractivity contribution in [2.24, 2.45) is 16.5 Å². The highest BCUT2D eigenvalue weighted by Gasteiger charge is 2.36. The van der Waals surface area contributed by atoms with Gasteiger partial charge in [-0.1, -0.05) is 12.1 Å². The lowest BCUT2D eigenvalue weighted by Crippen LogP contribution is -2.33. The van der Waals surface area contributed by atoms with E-state index >= 15 is 0 Å². The summed E-state index contributed by atoms with van der Waals surface area (Å²) in [5.74, 6) is -0.607. The first-order valence-electron chi connectivity index (χ1n) is 8.90. The molecule has 160 valence electrons. The number of aromatic amines is 1. The third kappa shape index (κ3) is 5.25. The molecule has 0 radical (unpaired) electrons. The standard InChI is InChI=1S/C18H20IN5O6/c19-11-7-24(18(28)23-15(11)26)14-5-12(25)13(30-14)8-29-16(27)10-3-1-9(2-4-10)6-22-17(20)21/h1-4,7,12-14,25H,5-6,8H2,(H4,20,21,22)(H,23,26,28)/t12-,13+,14+/m0/s1/i19-2. The van der Waals surface area contributed by atoms with Gasteiger partial charge in [-0.05, 0) is 40.3 Å². The average Bonchev–Trinajstić information content (AvgIpc) is 3.08. The third-order valence-corrected chi connectivity index (χ3v) is 5.22. The van der Waals surface area contributed by atoms with Gasteiger partial charge in [0.15, 0.2) is 5.96 Å². The van der Waals surface area contributed by atoms with E-state index in [9.17, 15) is 19.5 Å². The fourth-order valence-corrected chi connectivity index (χ4v) is 3.32. The molecule has 0 spiro atoms. The monoisotopic (exact) mass is 527 g/mol. The molecule has 0 saturated carbocycles. The number of aliphatic hydroxyl groups excluding tert-OH is 1. The Balaban J connectivity index is 1.59. The van der Waals surface area contributed by atoms with Crippen LogP contribution in [0, 0.1) is 3.57 Å². The second-order valence-corrected chi connectivity index (χ2v) is 7.77. The molecule has 0 amide bonds. The normalized spacial score (nSPS) is 20.7. The summed E-state index contributed by atoms with van der Waals surface area (Å²) >= 11 is 1.80. The molecule has 2 aromatic rings. The van der Waals surface area contributed by atoms with Gasteiger partial charge in [-0.2, -0.15) is 0 Å². The SMILES string of the molecule is NC(N)=NCc1ccc(C(=O)OC[C@H]2O[C@@H](n3cc([125I])c(=O)[nH]c3=O)C[C@@H]2O)cc1. The third-order valence-electron chi connectivity index (χ3n) is 4.45. The molecular formula is C18H20IN5O6. The van der Waals surface area contributed by atoms with Gasteiger partial charge in [0.1, 0.15) is 18.9 Å². The van der Waals surface area contributed by atoms with Gasteiger partial charge in [0.2, 0.25) is 0 Å². The number of hydrogen-bond donors (Lipinski definition) is 4. The van der Waals surface area contributed by atoms with Crippen LogP contribution in [0.15, 0.2) is 45.0 Å². The van der Waals surface area contributed by atoms with E-state index in [0.29, 0.717) is 15.7 Å². The van der Waals surface area contributed by atoms with Gasteiger partial charge in [-0.15, -0.1) is 0 Å². The number of halogens is 1. The first-order chi connectivity index (χ1) is 14.2. The van der Waals surface area contributed by atoms with Gasteiger partial charge >= 0.3 is 11.7 Å². The predicted molar refractivity (Wildman–Crippen MR) is 115 cm³/mol. The molecule has 0 aliphatic carbocycles. The fraction of sp³-hybridized carbons (Fsp3) is 0.333. The van der Waals surface area contributed by atoms with E-state index in [1.165, 1.54) is 10.8 Å². The average molecular weight is 527 g/mol. The molecule has 2 heterocycles. The molecule has 3 atom stereocenters. The van der Waals surface area contributed by atoms with Crippen LogP contribution in [-0.2, 0) is 16.0 Å². The van der Waals surface area contributed by atoms with Crippen LogP contribution in [0.2, 0.25) is 0 Å². The predicted octanol–water partition coefficient (Wildman–Crippen LogP) is -0.580. The minimum atomic E-state index is -0.943. The first kappa shape index (κ1) is 22.0. The molecule has 11 nitrogen and oxygen atoms in total. The molecule has 1 aliphatic heterocycles. The maximum atomic E-state index is 12.3. The molecule has 30 heavy (non-hydrogen) atoms. The van der Waals surface area contributed by atoms with Crippen molar-refractivity contribution < 1.29 is 19.4 Å². The minimum Gasteiger partial charge on any atom is -0.459 e. The number of aliphatic imine (C=N–C) groups is 1. The number of ether oxygens (including phenoxy) is 2. The summed E-state index contributed by atoms with van der Waals surface area (Å²) in [5.41, 5.74) is 10.6. The van der Waals surface area contributed by atoms with Crippen molar-refractivity contribution in [1.82, 2.24) is 9.55 Å². The highest BCUT2D eigenvalue weighted by molar-refractivity contribution is 14.1. The summed E-state index contributed by atoms with van der Waals surface area (Å²) in [6.07, 6.45) is -1.06. The number of nitrogens with two attached hydrogens (primary N) is 2. The van der Waals surface area contributed by atoms with Gasteiger partial charge < -0.3 is 26.0 Å². The number of guanidine groups is 1. The van der Waals surface area contributed by atoms with Crippen molar-refractivity contribution in [3.63, 3.8) is 0 Å². The minimum absolute atomic E-state index is 0.0225. The lowest BCUT2D eigenvalue weighted by Gasteiger charge is -2.16. The Labute approximate surface area is 183 Å². The number of carbonyl (C=O) groups is 1. The summed E-state index contributed by atoms with van der Waals surface area (Å²) in [7, 11) is 0. The van der Waals surface area contributed by atoms with Gasteiger partial charge in [-0.25, -0.2) is 14.6 Å². The summed E-state index contributed by atoms with van der Waals surface area (Å²) in [6, 6.07) is 6.56. The molecule has 12 heteroatoms. The van der Waals surface area contributed by atoms with Crippen LogP contribution in [0.1, 0.15) is 28.6 Å². The highest BCUT2D eigenvalue weighted by Crippen LogP contribution is 2.28. The van der Waals surface area contributed by atoms with Crippen LogP contribution in [-0.4, -0.2) is 45.4 Å². The first-order valence-corrected chi connectivity index (χ1v) is 9.98. The van der Waals surface area contributed by atoms with Crippen molar-refractivity contribution in [2.75, 3.05) is 6.61 Å². The second-order valence-electron chi connectivity index (χ2n) is 6.61. The maximum absolute atomic E-state index is 12.3. The number of H-pyrrole nitrogens is 1. The van der Waals surface area contributed by atoms with E-state index < -0.39 is 35.7 Å². The number of rotatable bonds is 6. The summed E-state index contributed by atoms with van der Waals surface area (Å²) in [6.45, 7) is 0.103. The molecule has 0 unspecified atom stereocenters.